The molecule has 0 aliphatic rings. The standard InChI is InChI=1S/C22H17Cl2N7/c23-16-12-11-15(19(24)13-16)14-25-31-22-29-20(26-17-7-3-1-4-8-17)28-21(30-22)27-18-9-5-2-6-10-18/h1-14H,(H3,26,27,28,29,30,31). The van der Waals surface area contributed by atoms with Crippen LogP contribution in [0.4, 0.5) is 29.2 Å². The van der Waals surface area contributed by atoms with Gasteiger partial charge in [-0.15, -0.1) is 0 Å². The smallest absolute Gasteiger partial charge is 0.250 e. The van der Waals surface area contributed by atoms with Crippen molar-refractivity contribution in [2.75, 3.05) is 16.1 Å². The number of aromatic nitrogens is 3. The molecule has 7 nitrogen and oxygen atoms in total. The van der Waals surface area contributed by atoms with Crippen LogP contribution in [0.5, 0.6) is 0 Å². The van der Waals surface area contributed by atoms with Gasteiger partial charge in [-0.1, -0.05) is 65.7 Å². The molecule has 4 aromatic rings. The molecule has 0 saturated carbocycles. The van der Waals surface area contributed by atoms with Crippen molar-refractivity contribution in [2.45, 2.75) is 0 Å². The number of anilines is 5. The van der Waals surface area contributed by atoms with Gasteiger partial charge < -0.3 is 10.6 Å². The fourth-order valence-electron chi connectivity index (χ4n) is 2.60. The van der Waals surface area contributed by atoms with Crippen LogP contribution in [-0.2, 0) is 0 Å². The van der Waals surface area contributed by atoms with Crippen LogP contribution in [0, 0.1) is 0 Å². The molecule has 0 amide bonds. The molecule has 4 rings (SSSR count). The fourth-order valence-corrected chi connectivity index (χ4v) is 3.06. The van der Waals surface area contributed by atoms with Crippen LogP contribution in [-0.4, -0.2) is 21.2 Å². The van der Waals surface area contributed by atoms with E-state index in [-0.39, 0.29) is 5.95 Å². The summed E-state index contributed by atoms with van der Waals surface area (Å²) >= 11 is 12.1. The molecular formula is C22H17Cl2N7. The van der Waals surface area contributed by atoms with Crippen LogP contribution in [0.25, 0.3) is 0 Å². The van der Waals surface area contributed by atoms with Gasteiger partial charge in [-0.05, 0) is 36.4 Å². The first-order valence-electron chi connectivity index (χ1n) is 9.30. The number of halogens is 2. The number of para-hydroxylation sites is 2. The van der Waals surface area contributed by atoms with Crippen LogP contribution in [0.1, 0.15) is 5.56 Å². The first-order chi connectivity index (χ1) is 15.2. The third-order valence-corrected chi connectivity index (χ3v) is 4.59. The van der Waals surface area contributed by atoms with Crippen molar-refractivity contribution in [1.29, 1.82) is 0 Å². The second-order valence-corrected chi connectivity index (χ2v) is 7.17. The van der Waals surface area contributed by atoms with Gasteiger partial charge >= 0.3 is 0 Å². The number of nitrogens with zero attached hydrogens (tertiary/aromatic N) is 4. The number of hydrogen-bond donors (Lipinski definition) is 3. The maximum Gasteiger partial charge on any atom is 0.250 e. The zero-order chi connectivity index (χ0) is 21.5. The van der Waals surface area contributed by atoms with Crippen molar-refractivity contribution in [3.05, 3.63) is 94.5 Å². The molecule has 0 bridgehead atoms. The summed E-state index contributed by atoms with van der Waals surface area (Å²) < 4.78 is 0. The van der Waals surface area contributed by atoms with Crippen molar-refractivity contribution in [1.82, 2.24) is 15.0 Å². The summed E-state index contributed by atoms with van der Waals surface area (Å²) in [7, 11) is 0. The van der Waals surface area contributed by atoms with Crippen molar-refractivity contribution in [3.8, 4) is 0 Å². The van der Waals surface area contributed by atoms with Crippen LogP contribution >= 0.6 is 23.2 Å². The Hall–Kier alpha value is -3.68. The third-order valence-electron chi connectivity index (χ3n) is 4.03. The number of benzene rings is 3. The topological polar surface area (TPSA) is 87.1 Å². The summed E-state index contributed by atoms with van der Waals surface area (Å²) in [6.45, 7) is 0. The SMILES string of the molecule is Clc1ccc(C=NNc2nc(Nc3ccccc3)nc(Nc3ccccc3)n2)c(Cl)c1. The monoisotopic (exact) mass is 449 g/mol. The predicted octanol–water partition coefficient (Wildman–Crippen LogP) is 6.11. The molecule has 0 spiro atoms. The summed E-state index contributed by atoms with van der Waals surface area (Å²) in [5, 5.41) is 11.6. The fraction of sp³-hybridized carbons (Fsp3) is 0. The van der Waals surface area contributed by atoms with Crippen molar-refractivity contribution in [3.63, 3.8) is 0 Å². The van der Waals surface area contributed by atoms with Crippen LogP contribution < -0.4 is 16.1 Å². The number of hydrogen-bond acceptors (Lipinski definition) is 7. The summed E-state index contributed by atoms with van der Waals surface area (Å²) in [6, 6.07) is 24.4. The maximum absolute atomic E-state index is 6.18. The Morgan fingerprint density at radius 2 is 1.23 bits per heavy atom. The van der Waals surface area contributed by atoms with E-state index in [0.717, 1.165) is 11.4 Å². The first-order valence-corrected chi connectivity index (χ1v) is 10.1. The number of rotatable bonds is 7. The van der Waals surface area contributed by atoms with Crippen LogP contribution in [0.15, 0.2) is 84.0 Å². The molecule has 0 unspecified atom stereocenters. The Balaban J connectivity index is 1.58. The van der Waals surface area contributed by atoms with Crippen LogP contribution in [0.3, 0.4) is 0 Å². The van der Waals surface area contributed by atoms with E-state index in [1.165, 1.54) is 0 Å². The average molecular weight is 450 g/mol. The van der Waals surface area contributed by atoms with Gasteiger partial charge in [-0.25, -0.2) is 5.43 Å². The van der Waals surface area contributed by atoms with Gasteiger partial charge in [-0.2, -0.15) is 20.1 Å². The van der Waals surface area contributed by atoms with E-state index in [2.05, 4.69) is 36.1 Å². The van der Waals surface area contributed by atoms with E-state index in [4.69, 9.17) is 23.2 Å². The predicted molar refractivity (Wildman–Crippen MR) is 127 cm³/mol. The van der Waals surface area contributed by atoms with E-state index < -0.39 is 0 Å². The van der Waals surface area contributed by atoms with Crippen molar-refractivity contribution < 1.29 is 0 Å². The largest absolute Gasteiger partial charge is 0.324 e. The van der Waals surface area contributed by atoms with Gasteiger partial charge in [0.05, 0.1) is 11.2 Å². The molecule has 0 fully saturated rings. The molecule has 154 valence electrons. The first kappa shape index (κ1) is 20.6. The lowest BCUT2D eigenvalue weighted by Gasteiger charge is -2.10. The van der Waals surface area contributed by atoms with E-state index >= 15 is 0 Å². The third kappa shape index (κ3) is 5.91. The van der Waals surface area contributed by atoms with Gasteiger partial charge in [0.1, 0.15) is 0 Å². The molecule has 0 atom stereocenters. The van der Waals surface area contributed by atoms with Gasteiger partial charge in [0.2, 0.25) is 17.8 Å². The quantitative estimate of drug-likeness (QED) is 0.233. The summed E-state index contributed by atoms with van der Waals surface area (Å²) in [4.78, 5) is 13.2. The molecule has 31 heavy (non-hydrogen) atoms. The number of hydrazone groups is 1. The van der Waals surface area contributed by atoms with E-state index in [1.807, 2.05) is 60.7 Å². The highest BCUT2D eigenvalue weighted by atomic mass is 35.5. The highest BCUT2D eigenvalue weighted by Crippen LogP contribution is 2.20. The second-order valence-electron chi connectivity index (χ2n) is 6.32. The lowest BCUT2D eigenvalue weighted by molar-refractivity contribution is 1.04. The van der Waals surface area contributed by atoms with E-state index in [0.29, 0.717) is 27.5 Å². The molecule has 0 aliphatic carbocycles. The molecule has 1 heterocycles. The molecule has 3 N–H and O–H groups in total. The zero-order valence-electron chi connectivity index (χ0n) is 16.1. The highest BCUT2D eigenvalue weighted by molar-refractivity contribution is 6.36. The Labute approximate surface area is 189 Å². The number of nitrogens with one attached hydrogen (secondary N) is 3. The lowest BCUT2D eigenvalue weighted by atomic mass is 10.2. The normalized spacial score (nSPS) is 10.8. The minimum atomic E-state index is 0.258. The molecule has 0 aliphatic heterocycles. The van der Waals surface area contributed by atoms with Gasteiger partial charge in [-0.3, -0.25) is 0 Å². The van der Waals surface area contributed by atoms with Gasteiger partial charge in [0, 0.05) is 22.0 Å². The molecule has 0 saturated heterocycles. The van der Waals surface area contributed by atoms with Crippen molar-refractivity contribution in [2.24, 2.45) is 5.10 Å². The Morgan fingerprint density at radius 3 is 1.77 bits per heavy atom. The van der Waals surface area contributed by atoms with Crippen molar-refractivity contribution >= 4 is 58.6 Å². The summed E-state index contributed by atoms with van der Waals surface area (Å²) in [6.07, 6.45) is 1.57. The van der Waals surface area contributed by atoms with Gasteiger partial charge in [0.25, 0.3) is 0 Å². The minimum Gasteiger partial charge on any atom is -0.324 e. The lowest BCUT2D eigenvalue weighted by Crippen LogP contribution is -2.07. The average Bonchev–Trinajstić information content (AvgIpc) is 2.77. The minimum absolute atomic E-state index is 0.258. The zero-order valence-corrected chi connectivity index (χ0v) is 17.6. The van der Waals surface area contributed by atoms with E-state index in [1.54, 1.807) is 24.4 Å². The maximum atomic E-state index is 6.18. The van der Waals surface area contributed by atoms with Crippen LogP contribution in [0.2, 0.25) is 10.0 Å². The molecule has 0 radical (unpaired) electrons. The molecular weight excluding hydrogens is 433 g/mol. The Bertz CT molecular complexity index is 1130. The highest BCUT2D eigenvalue weighted by Gasteiger charge is 2.07. The second kappa shape index (κ2) is 9.88. The van der Waals surface area contributed by atoms with E-state index in [9.17, 15) is 0 Å². The van der Waals surface area contributed by atoms with Gasteiger partial charge in [0.15, 0.2) is 0 Å². The Kier molecular flexibility index (Phi) is 6.56. The summed E-state index contributed by atoms with van der Waals surface area (Å²) in [5.41, 5.74) is 5.23. The Morgan fingerprint density at radius 1 is 0.677 bits per heavy atom. The molecule has 1 aromatic heterocycles. The summed E-state index contributed by atoms with van der Waals surface area (Å²) in [5.74, 6) is 0.983. The molecule has 9 heteroatoms. The molecule has 3 aromatic carbocycles.